The molecule has 4 heteroatoms. The van der Waals surface area contributed by atoms with Gasteiger partial charge in [0.05, 0.1) is 7.11 Å². The topological polar surface area (TPSA) is 30.5 Å². The van der Waals surface area contributed by atoms with E-state index in [0.717, 1.165) is 34.6 Å². The summed E-state index contributed by atoms with van der Waals surface area (Å²) in [7, 11) is 1.69. The van der Waals surface area contributed by atoms with Crippen LogP contribution in [0.4, 0.5) is 0 Å². The molecule has 0 unspecified atom stereocenters. The van der Waals surface area contributed by atoms with Gasteiger partial charge in [0.2, 0.25) is 0 Å². The van der Waals surface area contributed by atoms with E-state index < -0.39 is 0 Å². The van der Waals surface area contributed by atoms with Crippen LogP contribution in [0.2, 0.25) is 0 Å². The maximum atomic E-state index is 6.22. The molecule has 0 spiro atoms. The first-order valence-electron chi connectivity index (χ1n) is 9.90. The molecule has 0 aliphatic carbocycles. The highest BCUT2D eigenvalue weighted by Gasteiger charge is 2.15. The van der Waals surface area contributed by atoms with Crippen LogP contribution in [-0.2, 0) is 13.2 Å². The number of methoxy groups -OCH3 is 1. The highest BCUT2D eigenvalue weighted by molar-refractivity contribution is 9.10. The Morgan fingerprint density at radius 3 is 2.52 bits per heavy atom. The van der Waals surface area contributed by atoms with Crippen molar-refractivity contribution in [3.63, 3.8) is 0 Å². The van der Waals surface area contributed by atoms with Crippen molar-refractivity contribution in [2.75, 3.05) is 13.7 Å². The summed E-state index contributed by atoms with van der Waals surface area (Å²) in [5.74, 6) is 1.58. The van der Waals surface area contributed by atoms with Crippen LogP contribution in [0.1, 0.15) is 55.7 Å². The molecule has 3 nitrogen and oxygen atoms in total. The first-order valence-corrected chi connectivity index (χ1v) is 10.7. The van der Waals surface area contributed by atoms with E-state index >= 15 is 0 Å². The molecule has 2 aromatic rings. The van der Waals surface area contributed by atoms with Crippen molar-refractivity contribution < 1.29 is 9.47 Å². The third-order valence-corrected chi connectivity index (χ3v) is 5.52. The Bertz CT molecular complexity index is 703. The third-order valence-electron chi connectivity index (χ3n) is 4.78. The molecule has 27 heavy (non-hydrogen) atoms. The number of halogens is 1. The lowest BCUT2D eigenvalue weighted by Gasteiger charge is -2.18. The molecule has 0 aromatic heterocycles. The summed E-state index contributed by atoms with van der Waals surface area (Å²) in [5.41, 5.74) is 3.53. The summed E-state index contributed by atoms with van der Waals surface area (Å²) in [5, 5.41) is 3.56. The number of aryl methyl sites for hydroxylation is 1. The van der Waals surface area contributed by atoms with Crippen LogP contribution in [0.5, 0.6) is 11.5 Å². The SMILES string of the molecule is CCCCCCCNCc1c(Br)ccc(OC)c1OCc1ccccc1C. The van der Waals surface area contributed by atoms with E-state index in [1.165, 1.54) is 43.2 Å². The molecule has 0 aliphatic heterocycles. The molecule has 0 radical (unpaired) electrons. The van der Waals surface area contributed by atoms with Gasteiger partial charge in [-0.25, -0.2) is 0 Å². The molecule has 1 N–H and O–H groups in total. The molecule has 148 valence electrons. The summed E-state index contributed by atoms with van der Waals surface area (Å²) >= 11 is 3.68. The number of ether oxygens (including phenoxy) is 2. The van der Waals surface area contributed by atoms with Gasteiger partial charge >= 0.3 is 0 Å². The summed E-state index contributed by atoms with van der Waals surface area (Å²) in [4.78, 5) is 0. The first kappa shape index (κ1) is 21.8. The Balaban J connectivity index is 2.01. The van der Waals surface area contributed by atoms with Crippen LogP contribution in [0, 0.1) is 6.92 Å². The van der Waals surface area contributed by atoms with E-state index in [1.807, 2.05) is 24.3 Å². The quantitative estimate of drug-likeness (QED) is 0.392. The number of hydrogen-bond donors (Lipinski definition) is 1. The molecule has 0 fully saturated rings. The minimum atomic E-state index is 0.531. The molecule has 0 saturated carbocycles. The van der Waals surface area contributed by atoms with Gasteiger partial charge in [-0.1, -0.05) is 72.8 Å². The average molecular weight is 434 g/mol. The number of rotatable bonds is 12. The summed E-state index contributed by atoms with van der Waals surface area (Å²) in [6.07, 6.45) is 6.44. The fourth-order valence-electron chi connectivity index (χ4n) is 3.05. The predicted molar refractivity (Wildman–Crippen MR) is 117 cm³/mol. The molecule has 2 aromatic carbocycles. The number of hydrogen-bond acceptors (Lipinski definition) is 3. The van der Waals surface area contributed by atoms with Crippen LogP contribution in [0.15, 0.2) is 40.9 Å². The Hall–Kier alpha value is -1.52. The lowest BCUT2D eigenvalue weighted by Crippen LogP contribution is -2.16. The van der Waals surface area contributed by atoms with E-state index in [2.05, 4.69) is 47.2 Å². The third kappa shape index (κ3) is 6.86. The molecule has 0 saturated heterocycles. The van der Waals surface area contributed by atoms with E-state index in [9.17, 15) is 0 Å². The summed E-state index contributed by atoms with van der Waals surface area (Å²) in [6, 6.07) is 12.3. The standard InChI is InChI=1S/C23H32BrNO2/c1-4-5-6-7-10-15-25-16-20-21(24)13-14-22(26-3)23(20)27-17-19-12-9-8-11-18(19)2/h8-9,11-14,25H,4-7,10,15-17H2,1-3H3. The minimum absolute atomic E-state index is 0.531. The van der Waals surface area contributed by atoms with Crippen LogP contribution in [0.3, 0.4) is 0 Å². The van der Waals surface area contributed by atoms with E-state index in [-0.39, 0.29) is 0 Å². The molecule has 0 bridgehead atoms. The zero-order chi connectivity index (χ0) is 19.5. The largest absolute Gasteiger partial charge is 0.493 e. The number of nitrogens with one attached hydrogen (secondary N) is 1. The van der Waals surface area contributed by atoms with Crippen molar-refractivity contribution in [1.82, 2.24) is 5.32 Å². The van der Waals surface area contributed by atoms with Crippen LogP contribution in [-0.4, -0.2) is 13.7 Å². The predicted octanol–water partition coefficient (Wildman–Crippen LogP) is 6.41. The second-order valence-corrected chi connectivity index (χ2v) is 7.72. The highest BCUT2D eigenvalue weighted by Crippen LogP contribution is 2.37. The fraction of sp³-hybridized carbons (Fsp3) is 0.478. The average Bonchev–Trinajstić information content (AvgIpc) is 2.68. The van der Waals surface area contributed by atoms with Gasteiger partial charge in [-0.2, -0.15) is 0 Å². The van der Waals surface area contributed by atoms with Gasteiger partial charge in [0.25, 0.3) is 0 Å². The van der Waals surface area contributed by atoms with Gasteiger partial charge in [0, 0.05) is 16.6 Å². The lowest BCUT2D eigenvalue weighted by molar-refractivity contribution is 0.279. The summed E-state index contributed by atoms with van der Waals surface area (Å²) in [6.45, 7) is 6.66. The van der Waals surface area contributed by atoms with Crippen molar-refractivity contribution in [1.29, 1.82) is 0 Å². The Labute approximate surface area is 172 Å². The van der Waals surface area contributed by atoms with Crippen LogP contribution in [0.25, 0.3) is 0 Å². The number of unbranched alkanes of at least 4 members (excludes halogenated alkanes) is 4. The summed E-state index contributed by atoms with van der Waals surface area (Å²) < 4.78 is 12.8. The Kier molecular flexibility index (Phi) is 9.71. The maximum absolute atomic E-state index is 6.22. The van der Waals surface area contributed by atoms with E-state index in [1.54, 1.807) is 7.11 Å². The highest BCUT2D eigenvalue weighted by atomic mass is 79.9. The number of benzene rings is 2. The second-order valence-electron chi connectivity index (χ2n) is 6.86. The normalized spacial score (nSPS) is 10.8. The molecule has 0 heterocycles. The van der Waals surface area contributed by atoms with Crippen molar-refractivity contribution in [2.24, 2.45) is 0 Å². The monoisotopic (exact) mass is 433 g/mol. The minimum Gasteiger partial charge on any atom is -0.493 e. The van der Waals surface area contributed by atoms with Gasteiger partial charge in [-0.15, -0.1) is 0 Å². The molecular formula is C23H32BrNO2. The first-order chi connectivity index (χ1) is 13.2. The van der Waals surface area contributed by atoms with Crippen molar-refractivity contribution in [2.45, 2.75) is 59.1 Å². The zero-order valence-corrected chi connectivity index (χ0v) is 18.4. The van der Waals surface area contributed by atoms with Gasteiger partial charge in [0.15, 0.2) is 11.5 Å². The molecule has 0 aliphatic rings. The molecule has 2 rings (SSSR count). The smallest absolute Gasteiger partial charge is 0.167 e. The van der Waals surface area contributed by atoms with Crippen LogP contribution >= 0.6 is 15.9 Å². The molecule has 0 atom stereocenters. The Morgan fingerprint density at radius 1 is 1.00 bits per heavy atom. The van der Waals surface area contributed by atoms with Gasteiger partial charge < -0.3 is 14.8 Å². The second kappa shape index (κ2) is 12.0. The van der Waals surface area contributed by atoms with Gasteiger partial charge in [-0.05, 0) is 43.1 Å². The van der Waals surface area contributed by atoms with Gasteiger partial charge in [0.1, 0.15) is 6.61 Å². The molecular weight excluding hydrogens is 402 g/mol. The van der Waals surface area contributed by atoms with Crippen molar-refractivity contribution in [3.05, 3.63) is 57.6 Å². The van der Waals surface area contributed by atoms with Crippen LogP contribution < -0.4 is 14.8 Å². The van der Waals surface area contributed by atoms with Crippen molar-refractivity contribution >= 4 is 15.9 Å². The van der Waals surface area contributed by atoms with E-state index in [4.69, 9.17) is 9.47 Å². The maximum Gasteiger partial charge on any atom is 0.167 e. The zero-order valence-electron chi connectivity index (χ0n) is 16.8. The van der Waals surface area contributed by atoms with E-state index in [0.29, 0.717) is 6.61 Å². The van der Waals surface area contributed by atoms with Crippen molar-refractivity contribution in [3.8, 4) is 11.5 Å². The fourth-order valence-corrected chi connectivity index (χ4v) is 3.51. The lowest BCUT2D eigenvalue weighted by atomic mass is 10.1. The molecule has 0 amide bonds. The van der Waals surface area contributed by atoms with Gasteiger partial charge in [-0.3, -0.25) is 0 Å². The Morgan fingerprint density at radius 2 is 1.78 bits per heavy atom.